The average molecular weight is 307 g/mol. The molecule has 0 aliphatic rings. The van der Waals surface area contributed by atoms with E-state index in [1.54, 1.807) is 25.3 Å². The highest BCUT2D eigenvalue weighted by Gasteiger charge is 2.09. The van der Waals surface area contributed by atoms with Crippen molar-refractivity contribution in [3.8, 4) is 17.2 Å². The Balaban J connectivity index is 2.09. The monoisotopic (exact) mass is 306 g/mol. The van der Waals surface area contributed by atoms with Gasteiger partial charge in [0.05, 0.1) is 14.2 Å². The van der Waals surface area contributed by atoms with Crippen LogP contribution in [0, 0.1) is 0 Å². The molecule has 0 aromatic heterocycles. The Morgan fingerprint density at radius 3 is 2.29 bits per heavy atom. The van der Waals surface area contributed by atoms with Crippen molar-refractivity contribution < 1.29 is 19.0 Å². The Labute approximate surface area is 128 Å². The molecule has 5 heteroatoms. The number of carbonyl (C=O) groups excluding carboxylic acids is 1. The first-order valence-corrected chi connectivity index (χ1v) is 6.65. The number of carbonyl (C=O) groups is 1. The van der Waals surface area contributed by atoms with Crippen LogP contribution in [0.5, 0.6) is 17.2 Å². The fraction of sp³-hybridized carbons (Fsp3) is 0.188. The molecule has 0 saturated carbocycles. The first kappa shape index (κ1) is 15.2. The number of hydrogen-bond acceptors (Lipinski definition) is 4. The molecule has 0 radical (unpaired) electrons. The second kappa shape index (κ2) is 6.99. The molecule has 0 N–H and O–H groups in total. The Morgan fingerprint density at radius 1 is 1.00 bits per heavy atom. The van der Waals surface area contributed by atoms with Crippen LogP contribution in [0.4, 0.5) is 0 Å². The van der Waals surface area contributed by atoms with Crippen LogP contribution in [0.1, 0.15) is 15.9 Å². The molecule has 0 aliphatic carbocycles. The van der Waals surface area contributed by atoms with Crippen LogP contribution in [0.2, 0.25) is 0 Å². The Kier molecular flexibility index (Phi) is 5.06. The summed E-state index contributed by atoms with van der Waals surface area (Å²) in [5, 5.41) is -0.532. The maximum atomic E-state index is 11.1. The molecule has 0 aliphatic heterocycles. The molecule has 0 amide bonds. The molecule has 0 spiro atoms. The van der Waals surface area contributed by atoms with Crippen molar-refractivity contribution in [1.82, 2.24) is 0 Å². The van der Waals surface area contributed by atoms with Gasteiger partial charge in [-0.3, -0.25) is 4.79 Å². The third-order valence-electron chi connectivity index (χ3n) is 2.94. The van der Waals surface area contributed by atoms with E-state index in [9.17, 15) is 4.79 Å². The van der Waals surface area contributed by atoms with Crippen LogP contribution in [0.3, 0.4) is 0 Å². The van der Waals surface area contributed by atoms with Crippen LogP contribution < -0.4 is 14.2 Å². The van der Waals surface area contributed by atoms with Crippen molar-refractivity contribution >= 4 is 16.8 Å². The van der Waals surface area contributed by atoms with Crippen LogP contribution in [-0.2, 0) is 6.61 Å². The highest BCUT2D eigenvalue weighted by atomic mass is 35.5. The number of halogens is 1. The second-order valence-corrected chi connectivity index (χ2v) is 4.62. The topological polar surface area (TPSA) is 44.8 Å². The molecule has 0 heterocycles. The van der Waals surface area contributed by atoms with Crippen molar-refractivity contribution in [3.05, 3.63) is 53.6 Å². The lowest BCUT2D eigenvalue weighted by Gasteiger charge is -2.11. The summed E-state index contributed by atoms with van der Waals surface area (Å²) in [6.07, 6.45) is 0. The number of methoxy groups -OCH3 is 2. The third kappa shape index (κ3) is 3.89. The quantitative estimate of drug-likeness (QED) is 0.764. The highest BCUT2D eigenvalue weighted by Crippen LogP contribution is 2.29. The lowest BCUT2D eigenvalue weighted by Crippen LogP contribution is -1.99. The second-order valence-electron chi connectivity index (χ2n) is 4.28. The zero-order valence-corrected chi connectivity index (χ0v) is 12.5. The fourth-order valence-corrected chi connectivity index (χ4v) is 1.91. The molecular weight excluding hydrogens is 292 g/mol. The van der Waals surface area contributed by atoms with Crippen molar-refractivity contribution in [2.75, 3.05) is 14.2 Å². The van der Waals surface area contributed by atoms with Gasteiger partial charge in [0.15, 0.2) is 11.5 Å². The standard InChI is InChI=1S/C16H15ClO4/c1-19-13-6-3-11(4-7-13)10-21-14-8-5-12(16(17)18)9-15(14)20-2/h3-9H,10H2,1-2H3. The van der Waals surface area contributed by atoms with E-state index in [0.29, 0.717) is 23.7 Å². The van der Waals surface area contributed by atoms with Crippen molar-refractivity contribution in [3.63, 3.8) is 0 Å². The molecule has 2 rings (SSSR count). The number of rotatable bonds is 6. The molecule has 0 unspecified atom stereocenters. The number of benzene rings is 2. The maximum Gasteiger partial charge on any atom is 0.252 e. The minimum absolute atomic E-state index is 0.366. The lowest BCUT2D eigenvalue weighted by atomic mass is 10.2. The van der Waals surface area contributed by atoms with Gasteiger partial charge in [-0.05, 0) is 47.5 Å². The van der Waals surface area contributed by atoms with Gasteiger partial charge in [-0.15, -0.1) is 0 Å². The predicted molar refractivity (Wildman–Crippen MR) is 80.5 cm³/mol. The molecular formula is C16H15ClO4. The lowest BCUT2D eigenvalue weighted by molar-refractivity contribution is 0.108. The van der Waals surface area contributed by atoms with Crippen molar-refractivity contribution in [2.45, 2.75) is 6.61 Å². The third-order valence-corrected chi connectivity index (χ3v) is 3.16. The minimum Gasteiger partial charge on any atom is -0.497 e. The van der Waals surface area contributed by atoms with Gasteiger partial charge in [0.2, 0.25) is 0 Å². The van der Waals surface area contributed by atoms with Crippen molar-refractivity contribution in [1.29, 1.82) is 0 Å². The van der Waals surface area contributed by atoms with E-state index >= 15 is 0 Å². The molecule has 2 aromatic rings. The summed E-state index contributed by atoms with van der Waals surface area (Å²) in [4.78, 5) is 11.1. The van der Waals surface area contributed by atoms with E-state index in [4.69, 9.17) is 25.8 Å². The first-order valence-electron chi connectivity index (χ1n) is 6.27. The Morgan fingerprint density at radius 2 is 1.71 bits per heavy atom. The van der Waals surface area contributed by atoms with Crippen LogP contribution in [0.15, 0.2) is 42.5 Å². The fourth-order valence-electron chi connectivity index (χ4n) is 1.79. The molecule has 0 bridgehead atoms. The van der Waals surface area contributed by atoms with E-state index in [0.717, 1.165) is 11.3 Å². The smallest absolute Gasteiger partial charge is 0.252 e. The molecule has 0 saturated heterocycles. The molecule has 21 heavy (non-hydrogen) atoms. The van der Waals surface area contributed by atoms with Crippen LogP contribution in [-0.4, -0.2) is 19.5 Å². The largest absolute Gasteiger partial charge is 0.497 e. The number of hydrogen-bond donors (Lipinski definition) is 0. The van der Waals surface area contributed by atoms with Gasteiger partial charge in [-0.1, -0.05) is 12.1 Å². The van der Waals surface area contributed by atoms with Gasteiger partial charge in [0.1, 0.15) is 12.4 Å². The molecule has 110 valence electrons. The highest BCUT2D eigenvalue weighted by molar-refractivity contribution is 6.67. The molecule has 4 nitrogen and oxygen atoms in total. The Hall–Kier alpha value is -2.20. The van der Waals surface area contributed by atoms with Gasteiger partial charge < -0.3 is 14.2 Å². The van der Waals surface area contributed by atoms with E-state index in [2.05, 4.69) is 0 Å². The molecule has 2 aromatic carbocycles. The van der Waals surface area contributed by atoms with Crippen LogP contribution >= 0.6 is 11.6 Å². The van der Waals surface area contributed by atoms with E-state index in [-0.39, 0.29) is 0 Å². The van der Waals surface area contributed by atoms with E-state index in [1.165, 1.54) is 7.11 Å². The van der Waals surface area contributed by atoms with Gasteiger partial charge in [0.25, 0.3) is 5.24 Å². The Bertz CT molecular complexity index is 623. The normalized spacial score (nSPS) is 10.0. The first-order chi connectivity index (χ1) is 10.1. The summed E-state index contributed by atoms with van der Waals surface area (Å²) >= 11 is 5.44. The zero-order valence-electron chi connectivity index (χ0n) is 11.8. The molecule has 0 fully saturated rings. The maximum absolute atomic E-state index is 11.1. The van der Waals surface area contributed by atoms with Gasteiger partial charge in [-0.25, -0.2) is 0 Å². The van der Waals surface area contributed by atoms with Gasteiger partial charge in [0, 0.05) is 5.56 Å². The average Bonchev–Trinajstić information content (AvgIpc) is 2.53. The summed E-state index contributed by atoms with van der Waals surface area (Å²) < 4.78 is 16.0. The summed E-state index contributed by atoms with van der Waals surface area (Å²) in [7, 11) is 3.13. The van der Waals surface area contributed by atoms with Crippen LogP contribution in [0.25, 0.3) is 0 Å². The zero-order chi connectivity index (χ0) is 15.2. The predicted octanol–water partition coefficient (Wildman–Crippen LogP) is 3.66. The molecule has 0 atom stereocenters. The summed E-state index contributed by atoms with van der Waals surface area (Å²) in [5.41, 5.74) is 1.36. The van der Waals surface area contributed by atoms with Gasteiger partial charge in [-0.2, -0.15) is 0 Å². The minimum atomic E-state index is -0.532. The summed E-state index contributed by atoms with van der Waals surface area (Å²) in [5.74, 6) is 1.81. The SMILES string of the molecule is COc1ccc(COc2ccc(C(=O)Cl)cc2OC)cc1. The number of ether oxygens (including phenoxy) is 3. The van der Waals surface area contributed by atoms with Gasteiger partial charge >= 0.3 is 0 Å². The van der Waals surface area contributed by atoms with Crippen molar-refractivity contribution in [2.24, 2.45) is 0 Å². The summed E-state index contributed by atoms with van der Waals surface area (Å²) in [6, 6.07) is 12.4. The van der Waals surface area contributed by atoms with E-state index < -0.39 is 5.24 Å². The van der Waals surface area contributed by atoms with E-state index in [1.807, 2.05) is 24.3 Å². The summed E-state index contributed by atoms with van der Waals surface area (Å²) in [6.45, 7) is 0.383.